The lowest BCUT2D eigenvalue weighted by Gasteiger charge is -2.28. The van der Waals surface area contributed by atoms with Gasteiger partial charge in [-0.05, 0) is 37.4 Å². The van der Waals surface area contributed by atoms with E-state index in [1.54, 1.807) is 36.1 Å². The van der Waals surface area contributed by atoms with E-state index in [2.05, 4.69) is 18.7 Å². The van der Waals surface area contributed by atoms with E-state index in [0.717, 1.165) is 19.6 Å². The Labute approximate surface area is 161 Å². The Morgan fingerprint density at radius 2 is 1.73 bits per heavy atom. The molecule has 146 valence electrons. The number of ether oxygens (including phenoxy) is 2. The minimum absolute atomic E-state index is 0.0895. The van der Waals surface area contributed by atoms with Crippen molar-refractivity contribution in [1.82, 2.24) is 9.80 Å². The van der Waals surface area contributed by atoms with Crippen LogP contribution in [0.2, 0.25) is 5.02 Å². The van der Waals surface area contributed by atoms with Gasteiger partial charge in [0.1, 0.15) is 5.75 Å². The molecule has 0 radical (unpaired) electrons. The van der Waals surface area contributed by atoms with Gasteiger partial charge in [0.05, 0.1) is 13.0 Å². The van der Waals surface area contributed by atoms with E-state index in [1.165, 1.54) is 7.11 Å². The minimum atomic E-state index is -0.392. The molecule has 1 atom stereocenters. The molecule has 0 saturated heterocycles. The number of carbonyl (C=O) groups excluding carboxylic acids is 2. The van der Waals surface area contributed by atoms with Crippen LogP contribution in [0.4, 0.5) is 0 Å². The predicted octanol–water partition coefficient (Wildman–Crippen LogP) is 2.70. The highest BCUT2D eigenvalue weighted by molar-refractivity contribution is 6.30. The van der Waals surface area contributed by atoms with Crippen LogP contribution in [0.1, 0.15) is 20.8 Å². The van der Waals surface area contributed by atoms with Crippen LogP contribution in [0.25, 0.3) is 0 Å². The smallest absolute Gasteiger partial charge is 0.310 e. The van der Waals surface area contributed by atoms with Gasteiger partial charge in [-0.15, -0.1) is 0 Å². The SMILES string of the molecule is CCN(CC)CCN(CC(C)C(=O)OC)C(=O)COc1ccc(Cl)cc1. The summed E-state index contributed by atoms with van der Waals surface area (Å²) >= 11 is 5.84. The van der Waals surface area contributed by atoms with Crippen LogP contribution in [0.3, 0.4) is 0 Å². The van der Waals surface area contributed by atoms with Crippen LogP contribution in [0.5, 0.6) is 5.75 Å². The van der Waals surface area contributed by atoms with Crippen LogP contribution < -0.4 is 4.74 Å². The van der Waals surface area contributed by atoms with Gasteiger partial charge in [0.2, 0.25) is 0 Å². The molecule has 0 N–H and O–H groups in total. The number of rotatable bonds is 11. The van der Waals surface area contributed by atoms with Crippen molar-refractivity contribution in [3.8, 4) is 5.75 Å². The minimum Gasteiger partial charge on any atom is -0.484 e. The first-order valence-electron chi connectivity index (χ1n) is 8.87. The van der Waals surface area contributed by atoms with Crippen molar-refractivity contribution in [3.05, 3.63) is 29.3 Å². The Hall–Kier alpha value is -1.79. The van der Waals surface area contributed by atoms with E-state index < -0.39 is 5.92 Å². The third kappa shape index (κ3) is 7.62. The zero-order valence-corrected chi connectivity index (χ0v) is 16.8. The molecular weight excluding hydrogens is 356 g/mol. The molecule has 0 spiro atoms. The molecule has 0 saturated carbocycles. The van der Waals surface area contributed by atoms with Crippen molar-refractivity contribution in [2.45, 2.75) is 20.8 Å². The van der Waals surface area contributed by atoms with Gasteiger partial charge in [-0.1, -0.05) is 32.4 Å². The van der Waals surface area contributed by atoms with Crippen molar-refractivity contribution in [2.24, 2.45) is 5.92 Å². The van der Waals surface area contributed by atoms with Crippen LogP contribution in [0.15, 0.2) is 24.3 Å². The number of esters is 1. The Morgan fingerprint density at radius 3 is 2.27 bits per heavy atom. The predicted molar refractivity (Wildman–Crippen MR) is 102 cm³/mol. The first-order chi connectivity index (χ1) is 12.4. The Morgan fingerprint density at radius 1 is 1.12 bits per heavy atom. The van der Waals surface area contributed by atoms with Crippen molar-refractivity contribution < 1.29 is 19.1 Å². The normalized spacial score (nSPS) is 11.9. The van der Waals surface area contributed by atoms with Crippen LogP contribution in [-0.4, -0.2) is 68.1 Å². The molecule has 0 aromatic heterocycles. The number of nitrogens with zero attached hydrogens (tertiary/aromatic N) is 2. The largest absolute Gasteiger partial charge is 0.484 e. The number of methoxy groups -OCH3 is 1. The van der Waals surface area contributed by atoms with Gasteiger partial charge >= 0.3 is 5.97 Å². The molecule has 1 aromatic rings. The maximum absolute atomic E-state index is 12.6. The highest BCUT2D eigenvalue weighted by Gasteiger charge is 2.22. The van der Waals surface area contributed by atoms with E-state index in [4.69, 9.17) is 21.1 Å². The van der Waals surface area contributed by atoms with Crippen molar-refractivity contribution in [1.29, 1.82) is 0 Å². The molecule has 7 heteroatoms. The highest BCUT2D eigenvalue weighted by atomic mass is 35.5. The number of carbonyl (C=O) groups is 2. The summed E-state index contributed by atoms with van der Waals surface area (Å²) in [5, 5.41) is 0.608. The molecule has 0 aliphatic heterocycles. The fraction of sp³-hybridized carbons (Fsp3) is 0.579. The number of hydrogen-bond acceptors (Lipinski definition) is 5. The molecule has 0 aliphatic carbocycles. The van der Waals surface area contributed by atoms with Gasteiger partial charge in [0, 0.05) is 24.7 Å². The molecule has 0 aliphatic rings. The second-order valence-corrected chi connectivity index (χ2v) is 6.47. The Balaban J connectivity index is 2.69. The molecule has 1 amide bonds. The molecule has 1 aromatic carbocycles. The van der Waals surface area contributed by atoms with E-state index in [-0.39, 0.29) is 18.5 Å². The van der Waals surface area contributed by atoms with Crippen LogP contribution >= 0.6 is 11.6 Å². The number of benzene rings is 1. The second-order valence-electron chi connectivity index (χ2n) is 6.03. The number of halogens is 1. The number of likely N-dealkylation sites (N-methyl/N-ethyl adjacent to an activating group) is 1. The standard InChI is InChI=1S/C19H29ClN2O4/c1-5-21(6-2)11-12-22(13-15(3)19(24)25-4)18(23)14-26-17-9-7-16(20)8-10-17/h7-10,15H,5-6,11-14H2,1-4H3. The van der Waals surface area contributed by atoms with E-state index in [0.29, 0.717) is 23.9 Å². The average molecular weight is 385 g/mol. The topological polar surface area (TPSA) is 59.1 Å². The molecule has 0 bridgehead atoms. The first-order valence-corrected chi connectivity index (χ1v) is 9.25. The molecule has 0 heterocycles. The first kappa shape index (κ1) is 22.3. The van der Waals surface area contributed by atoms with Gasteiger partial charge in [0.25, 0.3) is 5.91 Å². The summed E-state index contributed by atoms with van der Waals surface area (Å²) in [5.74, 6) is -0.309. The molecule has 26 heavy (non-hydrogen) atoms. The quantitative estimate of drug-likeness (QED) is 0.549. The summed E-state index contributed by atoms with van der Waals surface area (Å²) in [7, 11) is 1.35. The highest BCUT2D eigenvalue weighted by Crippen LogP contribution is 2.15. The molecule has 0 fully saturated rings. The maximum atomic E-state index is 12.6. The van der Waals surface area contributed by atoms with Crippen LogP contribution in [-0.2, 0) is 14.3 Å². The van der Waals surface area contributed by atoms with Crippen LogP contribution in [0, 0.1) is 5.92 Å². The second kappa shape index (κ2) is 11.8. The Bertz CT molecular complexity index is 561. The lowest BCUT2D eigenvalue weighted by molar-refractivity contribution is -0.146. The lowest BCUT2D eigenvalue weighted by Crippen LogP contribution is -2.44. The van der Waals surface area contributed by atoms with Gasteiger partial charge in [-0.3, -0.25) is 9.59 Å². The van der Waals surface area contributed by atoms with Gasteiger partial charge in [-0.25, -0.2) is 0 Å². The molecule has 1 unspecified atom stereocenters. The molecule has 6 nitrogen and oxygen atoms in total. The number of amides is 1. The third-order valence-electron chi connectivity index (χ3n) is 4.21. The monoisotopic (exact) mass is 384 g/mol. The Kier molecular flexibility index (Phi) is 10.1. The fourth-order valence-electron chi connectivity index (χ4n) is 2.49. The lowest BCUT2D eigenvalue weighted by atomic mass is 10.1. The molecular formula is C19H29ClN2O4. The summed E-state index contributed by atoms with van der Waals surface area (Å²) in [6.45, 7) is 9.22. The maximum Gasteiger partial charge on any atom is 0.310 e. The summed E-state index contributed by atoms with van der Waals surface area (Å²) in [6.07, 6.45) is 0. The fourth-order valence-corrected chi connectivity index (χ4v) is 2.62. The van der Waals surface area contributed by atoms with E-state index >= 15 is 0 Å². The average Bonchev–Trinajstić information content (AvgIpc) is 2.66. The van der Waals surface area contributed by atoms with Gasteiger partial charge < -0.3 is 19.3 Å². The van der Waals surface area contributed by atoms with Crippen molar-refractivity contribution in [3.63, 3.8) is 0 Å². The third-order valence-corrected chi connectivity index (χ3v) is 4.46. The van der Waals surface area contributed by atoms with Crippen molar-refractivity contribution in [2.75, 3.05) is 46.4 Å². The van der Waals surface area contributed by atoms with Crippen molar-refractivity contribution >= 4 is 23.5 Å². The molecule has 1 rings (SSSR count). The zero-order chi connectivity index (χ0) is 19.5. The summed E-state index contributed by atoms with van der Waals surface area (Å²) in [6, 6.07) is 6.84. The van der Waals surface area contributed by atoms with E-state index in [1.807, 2.05) is 0 Å². The van der Waals surface area contributed by atoms with E-state index in [9.17, 15) is 9.59 Å². The summed E-state index contributed by atoms with van der Waals surface area (Å²) in [4.78, 5) is 28.2. The summed E-state index contributed by atoms with van der Waals surface area (Å²) < 4.78 is 10.3. The van der Waals surface area contributed by atoms with Gasteiger partial charge in [-0.2, -0.15) is 0 Å². The zero-order valence-electron chi connectivity index (χ0n) is 16.0. The number of hydrogen-bond donors (Lipinski definition) is 0. The summed E-state index contributed by atoms with van der Waals surface area (Å²) in [5.41, 5.74) is 0. The van der Waals surface area contributed by atoms with Gasteiger partial charge in [0.15, 0.2) is 6.61 Å².